The van der Waals surface area contributed by atoms with E-state index in [0.717, 1.165) is 30.4 Å². The molecule has 2 rings (SSSR count). The summed E-state index contributed by atoms with van der Waals surface area (Å²) in [5.74, 6) is 1.62. The van der Waals surface area contributed by atoms with Crippen molar-refractivity contribution in [3.8, 4) is 0 Å². The molecule has 1 aliphatic heterocycles. The van der Waals surface area contributed by atoms with Crippen molar-refractivity contribution >= 4 is 0 Å². The predicted octanol–water partition coefficient (Wildman–Crippen LogP) is 0.485. The Bertz CT molecular complexity index is 331. The highest BCUT2D eigenvalue weighted by molar-refractivity contribution is 5.05. The summed E-state index contributed by atoms with van der Waals surface area (Å²) in [7, 11) is 0. The van der Waals surface area contributed by atoms with Crippen LogP contribution in [0.2, 0.25) is 0 Å². The SMILES string of the molecule is Cc1nc(CN2CCOC(CO)C2)oc1C. The number of rotatable bonds is 3. The average Bonchev–Trinajstić information content (AvgIpc) is 2.58. The molecule has 0 bridgehead atoms. The van der Waals surface area contributed by atoms with E-state index in [4.69, 9.17) is 14.3 Å². The average molecular weight is 226 g/mol. The van der Waals surface area contributed by atoms with Gasteiger partial charge in [-0.15, -0.1) is 0 Å². The van der Waals surface area contributed by atoms with Gasteiger partial charge >= 0.3 is 0 Å². The number of hydrogen-bond donors (Lipinski definition) is 1. The fraction of sp³-hybridized carbons (Fsp3) is 0.727. The number of aliphatic hydroxyl groups is 1. The molecule has 1 atom stereocenters. The van der Waals surface area contributed by atoms with E-state index in [-0.39, 0.29) is 12.7 Å². The number of ether oxygens (including phenoxy) is 1. The van der Waals surface area contributed by atoms with Crippen molar-refractivity contribution in [3.05, 3.63) is 17.3 Å². The molecule has 5 nitrogen and oxygen atoms in total. The lowest BCUT2D eigenvalue weighted by Gasteiger charge is -2.30. The zero-order valence-corrected chi connectivity index (χ0v) is 9.77. The fourth-order valence-corrected chi connectivity index (χ4v) is 1.83. The largest absolute Gasteiger partial charge is 0.444 e. The number of oxazole rings is 1. The summed E-state index contributed by atoms with van der Waals surface area (Å²) in [5.41, 5.74) is 0.946. The van der Waals surface area contributed by atoms with E-state index in [2.05, 4.69) is 9.88 Å². The molecule has 1 aliphatic rings. The number of morpholine rings is 1. The van der Waals surface area contributed by atoms with Gasteiger partial charge in [0.2, 0.25) is 5.89 Å². The van der Waals surface area contributed by atoms with Crippen LogP contribution in [0.5, 0.6) is 0 Å². The highest BCUT2D eigenvalue weighted by atomic mass is 16.5. The fourth-order valence-electron chi connectivity index (χ4n) is 1.83. The Morgan fingerprint density at radius 1 is 1.50 bits per heavy atom. The number of aliphatic hydroxyl groups excluding tert-OH is 1. The minimum absolute atomic E-state index is 0.0696. The van der Waals surface area contributed by atoms with Crippen LogP contribution in [0.25, 0.3) is 0 Å². The van der Waals surface area contributed by atoms with E-state index in [9.17, 15) is 0 Å². The van der Waals surface area contributed by atoms with Crippen molar-refractivity contribution in [1.29, 1.82) is 0 Å². The Labute approximate surface area is 95.0 Å². The lowest BCUT2D eigenvalue weighted by atomic mass is 10.3. The van der Waals surface area contributed by atoms with Gasteiger partial charge < -0.3 is 14.3 Å². The van der Waals surface area contributed by atoms with Gasteiger partial charge in [-0.2, -0.15) is 0 Å². The first-order valence-corrected chi connectivity index (χ1v) is 5.56. The van der Waals surface area contributed by atoms with Gasteiger partial charge in [0.15, 0.2) is 0 Å². The number of aryl methyl sites for hydroxylation is 2. The van der Waals surface area contributed by atoms with Crippen molar-refractivity contribution < 1.29 is 14.3 Å². The van der Waals surface area contributed by atoms with Crippen LogP contribution in [0.15, 0.2) is 4.42 Å². The zero-order valence-electron chi connectivity index (χ0n) is 9.77. The van der Waals surface area contributed by atoms with E-state index in [1.54, 1.807) is 0 Å². The Hall–Kier alpha value is -0.910. The molecule has 0 aliphatic carbocycles. The van der Waals surface area contributed by atoms with Crippen LogP contribution in [0.3, 0.4) is 0 Å². The molecular formula is C11H18N2O3. The molecular weight excluding hydrogens is 208 g/mol. The van der Waals surface area contributed by atoms with Crippen LogP contribution in [0.4, 0.5) is 0 Å². The lowest BCUT2D eigenvalue weighted by molar-refractivity contribution is -0.0568. The summed E-state index contributed by atoms with van der Waals surface area (Å²) in [6.07, 6.45) is -0.0779. The van der Waals surface area contributed by atoms with E-state index in [1.807, 2.05) is 13.8 Å². The summed E-state index contributed by atoms with van der Waals surface area (Å²) in [6.45, 7) is 6.87. The van der Waals surface area contributed by atoms with Crippen molar-refractivity contribution in [2.24, 2.45) is 0 Å². The van der Waals surface area contributed by atoms with Crippen LogP contribution in [0, 0.1) is 13.8 Å². The summed E-state index contributed by atoms with van der Waals surface area (Å²) in [4.78, 5) is 6.53. The first-order valence-electron chi connectivity index (χ1n) is 5.56. The molecule has 1 aromatic rings. The molecule has 1 fully saturated rings. The van der Waals surface area contributed by atoms with E-state index in [0.29, 0.717) is 13.2 Å². The Morgan fingerprint density at radius 3 is 2.94 bits per heavy atom. The third-order valence-electron chi connectivity index (χ3n) is 2.86. The second-order valence-electron chi connectivity index (χ2n) is 4.16. The second kappa shape index (κ2) is 4.95. The first kappa shape index (κ1) is 11.6. The number of nitrogens with zero attached hydrogens (tertiary/aromatic N) is 2. The highest BCUT2D eigenvalue weighted by Crippen LogP contribution is 2.13. The van der Waals surface area contributed by atoms with Crippen molar-refractivity contribution in [3.63, 3.8) is 0 Å². The second-order valence-corrected chi connectivity index (χ2v) is 4.16. The molecule has 0 saturated carbocycles. The summed E-state index contributed by atoms with van der Waals surface area (Å²) >= 11 is 0. The summed E-state index contributed by atoms with van der Waals surface area (Å²) < 4.78 is 10.9. The molecule has 0 radical (unpaired) electrons. The topological polar surface area (TPSA) is 58.7 Å². The third-order valence-corrected chi connectivity index (χ3v) is 2.86. The Kier molecular flexibility index (Phi) is 3.58. The maximum atomic E-state index is 9.03. The molecule has 0 aromatic carbocycles. The Balaban J connectivity index is 1.93. The molecule has 1 aromatic heterocycles. The molecule has 1 N–H and O–H groups in total. The normalized spacial score (nSPS) is 22.6. The third kappa shape index (κ3) is 2.61. The quantitative estimate of drug-likeness (QED) is 0.812. The van der Waals surface area contributed by atoms with Gasteiger partial charge in [0.25, 0.3) is 0 Å². The van der Waals surface area contributed by atoms with Gasteiger partial charge in [0, 0.05) is 13.1 Å². The zero-order chi connectivity index (χ0) is 11.5. The highest BCUT2D eigenvalue weighted by Gasteiger charge is 2.21. The minimum Gasteiger partial charge on any atom is -0.444 e. The van der Waals surface area contributed by atoms with Crippen LogP contribution in [-0.4, -0.2) is 47.4 Å². The van der Waals surface area contributed by atoms with Gasteiger partial charge in [-0.05, 0) is 13.8 Å². The van der Waals surface area contributed by atoms with Crippen molar-refractivity contribution in [2.45, 2.75) is 26.5 Å². The van der Waals surface area contributed by atoms with Crippen LogP contribution < -0.4 is 0 Å². The Morgan fingerprint density at radius 2 is 2.31 bits per heavy atom. The van der Waals surface area contributed by atoms with Gasteiger partial charge in [-0.1, -0.05) is 0 Å². The molecule has 2 heterocycles. The summed E-state index contributed by atoms with van der Waals surface area (Å²) in [5, 5.41) is 9.03. The molecule has 90 valence electrons. The molecule has 1 saturated heterocycles. The van der Waals surface area contributed by atoms with Crippen LogP contribution in [-0.2, 0) is 11.3 Å². The number of aromatic nitrogens is 1. The van der Waals surface area contributed by atoms with Gasteiger partial charge in [-0.3, -0.25) is 4.90 Å². The van der Waals surface area contributed by atoms with Gasteiger partial charge in [0.1, 0.15) is 5.76 Å². The summed E-state index contributed by atoms with van der Waals surface area (Å²) in [6, 6.07) is 0. The first-order chi connectivity index (χ1) is 7.69. The minimum atomic E-state index is -0.0779. The van der Waals surface area contributed by atoms with Crippen LogP contribution >= 0.6 is 0 Å². The molecule has 0 spiro atoms. The molecule has 0 amide bonds. The van der Waals surface area contributed by atoms with Crippen molar-refractivity contribution in [2.75, 3.05) is 26.3 Å². The van der Waals surface area contributed by atoms with Gasteiger partial charge in [-0.25, -0.2) is 4.98 Å². The maximum absolute atomic E-state index is 9.03. The van der Waals surface area contributed by atoms with Crippen LogP contribution in [0.1, 0.15) is 17.3 Å². The molecule has 5 heteroatoms. The molecule has 16 heavy (non-hydrogen) atoms. The number of hydrogen-bond acceptors (Lipinski definition) is 5. The predicted molar refractivity (Wildman–Crippen MR) is 58.1 cm³/mol. The van der Waals surface area contributed by atoms with E-state index in [1.165, 1.54) is 0 Å². The standard InChI is InChI=1S/C11H18N2O3/c1-8-9(2)16-11(12-8)6-13-3-4-15-10(5-13)7-14/h10,14H,3-7H2,1-2H3. The van der Waals surface area contributed by atoms with Gasteiger partial charge in [0.05, 0.1) is 31.6 Å². The maximum Gasteiger partial charge on any atom is 0.208 e. The smallest absolute Gasteiger partial charge is 0.208 e. The van der Waals surface area contributed by atoms with E-state index >= 15 is 0 Å². The lowest BCUT2D eigenvalue weighted by Crippen LogP contribution is -2.43. The van der Waals surface area contributed by atoms with Crippen molar-refractivity contribution in [1.82, 2.24) is 9.88 Å². The van der Waals surface area contributed by atoms with E-state index < -0.39 is 0 Å². The molecule has 1 unspecified atom stereocenters. The monoisotopic (exact) mass is 226 g/mol.